The van der Waals surface area contributed by atoms with Gasteiger partial charge in [0, 0.05) is 26.2 Å². The first-order chi connectivity index (χ1) is 10.4. The second kappa shape index (κ2) is 6.80. The summed E-state index contributed by atoms with van der Waals surface area (Å²) >= 11 is 0. The lowest BCUT2D eigenvalue weighted by atomic mass is 10.1. The van der Waals surface area contributed by atoms with Crippen LogP contribution in [0.25, 0.3) is 0 Å². The molecule has 1 amide bonds. The summed E-state index contributed by atoms with van der Waals surface area (Å²) in [4.78, 5) is 15.9. The first-order valence-electron chi connectivity index (χ1n) is 7.57. The number of rotatable bonds is 2. The molecule has 1 aliphatic heterocycles. The number of carbonyl (C=O) groups excluding carboxylic acids is 1. The maximum atomic E-state index is 12.0. The van der Waals surface area contributed by atoms with Gasteiger partial charge in [-0.1, -0.05) is 30.3 Å². The molecule has 0 aromatic heterocycles. The molecule has 1 atom stereocenters. The van der Waals surface area contributed by atoms with Crippen molar-refractivity contribution in [2.24, 2.45) is 0 Å². The summed E-state index contributed by atoms with van der Waals surface area (Å²) in [5.74, 6) is 0. The highest BCUT2D eigenvalue weighted by atomic mass is 16.6. The lowest BCUT2D eigenvalue weighted by molar-refractivity contribution is 0.0125. The minimum Gasteiger partial charge on any atom is -0.444 e. The lowest BCUT2D eigenvalue weighted by Crippen LogP contribution is -2.50. The van der Waals surface area contributed by atoms with E-state index >= 15 is 0 Å². The van der Waals surface area contributed by atoms with Gasteiger partial charge in [0.05, 0.1) is 6.07 Å². The molecule has 0 spiro atoms. The van der Waals surface area contributed by atoms with Crippen molar-refractivity contribution < 1.29 is 9.53 Å². The van der Waals surface area contributed by atoms with Gasteiger partial charge in [0.2, 0.25) is 0 Å². The molecule has 0 saturated carbocycles. The molecule has 1 heterocycles. The monoisotopic (exact) mass is 301 g/mol. The Morgan fingerprint density at radius 1 is 1.18 bits per heavy atom. The zero-order valence-electron chi connectivity index (χ0n) is 13.5. The van der Waals surface area contributed by atoms with Crippen LogP contribution in [0.4, 0.5) is 4.79 Å². The standard InChI is InChI=1S/C17H23N3O2/c1-17(2,3)22-16(21)20-11-9-19(10-12-20)15(13-18)14-7-5-4-6-8-14/h4-8,15H,9-12H2,1-3H3/t15-/m1/s1. The van der Waals surface area contributed by atoms with Crippen LogP contribution in [0.2, 0.25) is 0 Å². The van der Waals surface area contributed by atoms with Crippen LogP contribution in [0.5, 0.6) is 0 Å². The number of hydrogen-bond acceptors (Lipinski definition) is 4. The van der Waals surface area contributed by atoms with Gasteiger partial charge < -0.3 is 9.64 Å². The van der Waals surface area contributed by atoms with E-state index in [1.165, 1.54) is 0 Å². The van der Waals surface area contributed by atoms with Crippen molar-refractivity contribution in [2.45, 2.75) is 32.4 Å². The Balaban J connectivity index is 1.94. The molecule has 1 aliphatic rings. The number of hydrogen-bond donors (Lipinski definition) is 0. The van der Waals surface area contributed by atoms with Crippen LogP contribution in [-0.4, -0.2) is 47.7 Å². The third-order valence-corrected chi connectivity index (χ3v) is 3.57. The zero-order chi connectivity index (χ0) is 16.2. The molecule has 0 N–H and O–H groups in total. The Morgan fingerprint density at radius 2 is 1.77 bits per heavy atom. The molecular weight excluding hydrogens is 278 g/mol. The maximum absolute atomic E-state index is 12.0. The SMILES string of the molecule is CC(C)(C)OC(=O)N1CCN([C@H](C#N)c2ccccc2)CC1. The summed E-state index contributed by atoms with van der Waals surface area (Å²) < 4.78 is 5.39. The van der Waals surface area contributed by atoms with Crippen molar-refractivity contribution in [1.29, 1.82) is 5.26 Å². The van der Waals surface area contributed by atoms with Gasteiger partial charge in [-0.3, -0.25) is 4.90 Å². The number of nitriles is 1. The first-order valence-corrected chi connectivity index (χ1v) is 7.57. The second-order valence-corrected chi connectivity index (χ2v) is 6.45. The fourth-order valence-electron chi connectivity index (χ4n) is 2.49. The Morgan fingerprint density at radius 3 is 2.27 bits per heavy atom. The molecule has 5 heteroatoms. The number of ether oxygens (including phenoxy) is 1. The quantitative estimate of drug-likeness (QED) is 0.843. The normalized spacial score (nSPS) is 17.6. The van der Waals surface area contributed by atoms with Gasteiger partial charge in [-0.15, -0.1) is 0 Å². The first kappa shape index (κ1) is 16.3. The van der Waals surface area contributed by atoms with E-state index in [0.29, 0.717) is 26.2 Å². The van der Waals surface area contributed by atoms with Gasteiger partial charge in [-0.2, -0.15) is 5.26 Å². The summed E-state index contributed by atoms with van der Waals surface area (Å²) in [7, 11) is 0. The van der Waals surface area contributed by atoms with E-state index in [-0.39, 0.29) is 12.1 Å². The van der Waals surface area contributed by atoms with Gasteiger partial charge in [0.25, 0.3) is 0 Å². The number of nitrogens with zero attached hydrogens (tertiary/aromatic N) is 3. The Labute approximate surface area is 132 Å². The fourth-order valence-corrected chi connectivity index (χ4v) is 2.49. The van der Waals surface area contributed by atoms with Gasteiger partial charge in [0.15, 0.2) is 0 Å². The molecule has 1 fully saturated rings. The van der Waals surface area contributed by atoms with Crippen molar-refractivity contribution in [3.63, 3.8) is 0 Å². The molecule has 5 nitrogen and oxygen atoms in total. The molecule has 0 unspecified atom stereocenters. The molecule has 0 radical (unpaired) electrons. The minimum atomic E-state index is -0.479. The number of piperazine rings is 1. The minimum absolute atomic E-state index is 0.262. The van der Waals surface area contributed by atoms with Gasteiger partial charge in [-0.05, 0) is 26.3 Å². The van der Waals surface area contributed by atoms with E-state index < -0.39 is 5.60 Å². The highest BCUT2D eigenvalue weighted by molar-refractivity contribution is 5.68. The summed E-state index contributed by atoms with van der Waals surface area (Å²) in [6.07, 6.45) is -0.277. The molecule has 0 aliphatic carbocycles. The van der Waals surface area contributed by atoms with Gasteiger partial charge in [0.1, 0.15) is 11.6 Å². The highest BCUT2D eigenvalue weighted by Gasteiger charge is 2.29. The predicted octanol–water partition coefficient (Wildman–Crippen LogP) is 2.80. The van der Waals surface area contributed by atoms with Gasteiger partial charge in [-0.25, -0.2) is 4.79 Å². The van der Waals surface area contributed by atoms with Crippen LogP contribution in [0.3, 0.4) is 0 Å². The predicted molar refractivity (Wildman–Crippen MR) is 84.2 cm³/mol. The molecule has 0 bridgehead atoms. The average molecular weight is 301 g/mol. The van der Waals surface area contributed by atoms with Crippen LogP contribution in [0.15, 0.2) is 30.3 Å². The van der Waals surface area contributed by atoms with Gasteiger partial charge >= 0.3 is 6.09 Å². The second-order valence-electron chi connectivity index (χ2n) is 6.45. The van der Waals surface area contributed by atoms with E-state index in [1.54, 1.807) is 4.90 Å². The molecule has 2 rings (SSSR count). The van der Waals surface area contributed by atoms with E-state index in [9.17, 15) is 10.1 Å². The van der Waals surface area contributed by atoms with E-state index in [2.05, 4.69) is 11.0 Å². The average Bonchev–Trinajstić information content (AvgIpc) is 2.48. The van der Waals surface area contributed by atoms with E-state index in [4.69, 9.17) is 4.74 Å². The largest absolute Gasteiger partial charge is 0.444 e. The summed E-state index contributed by atoms with van der Waals surface area (Å²) in [5.41, 5.74) is 0.517. The number of carbonyl (C=O) groups is 1. The van der Waals surface area contributed by atoms with Crippen LogP contribution < -0.4 is 0 Å². The van der Waals surface area contributed by atoms with Crippen molar-refractivity contribution in [3.8, 4) is 6.07 Å². The number of amides is 1. The smallest absolute Gasteiger partial charge is 0.410 e. The molecule has 1 aromatic rings. The Bertz CT molecular complexity index is 537. The summed E-state index contributed by atoms with van der Waals surface area (Å²) in [6.45, 7) is 8.10. The summed E-state index contributed by atoms with van der Waals surface area (Å²) in [6, 6.07) is 11.9. The third-order valence-electron chi connectivity index (χ3n) is 3.57. The van der Waals surface area contributed by atoms with E-state index in [1.807, 2.05) is 51.1 Å². The highest BCUT2D eigenvalue weighted by Crippen LogP contribution is 2.22. The van der Waals surface area contributed by atoms with Crippen molar-refractivity contribution in [1.82, 2.24) is 9.80 Å². The topological polar surface area (TPSA) is 56.6 Å². The molecular formula is C17H23N3O2. The van der Waals surface area contributed by atoms with Crippen molar-refractivity contribution in [2.75, 3.05) is 26.2 Å². The molecule has 1 saturated heterocycles. The van der Waals surface area contributed by atoms with Crippen molar-refractivity contribution >= 4 is 6.09 Å². The van der Waals surface area contributed by atoms with Crippen LogP contribution >= 0.6 is 0 Å². The van der Waals surface area contributed by atoms with Crippen LogP contribution in [0, 0.1) is 11.3 Å². The summed E-state index contributed by atoms with van der Waals surface area (Å²) in [5, 5.41) is 9.46. The number of benzene rings is 1. The zero-order valence-corrected chi connectivity index (χ0v) is 13.5. The van der Waals surface area contributed by atoms with E-state index in [0.717, 1.165) is 5.56 Å². The Kier molecular flexibility index (Phi) is 5.04. The van der Waals surface area contributed by atoms with Crippen LogP contribution in [-0.2, 0) is 4.74 Å². The fraction of sp³-hybridized carbons (Fsp3) is 0.529. The third kappa shape index (κ3) is 4.22. The molecule has 22 heavy (non-hydrogen) atoms. The van der Waals surface area contributed by atoms with Crippen molar-refractivity contribution in [3.05, 3.63) is 35.9 Å². The van der Waals surface area contributed by atoms with Crippen LogP contribution in [0.1, 0.15) is 32.4 Å². The Hall–Kier alpha value is -2.06. The molecule has 118 valence electrons. The molecule has 1 aromatic carbocycles. The maximum Gasteiger partial charge on any atom is 0.410 e. The lowest BCUT2D eigenvalue weighted by Gasteiger charge is -2.37.